The summed E-state index contributed by atoms with van der Waals surface area (Å²) in [6, 6.07) is 0. The van der Waals surface area contributed by atoms with Gasteiger partial charge in [0.15, 0.2) is 0 Å². The van der Waals surface area contributed by atoms with Crippen molar-refractivity contribution in [2.24, 2.45) is 0 Å². The van der Waals surface area contributed by atoms with E-state index in [1.54, 1.807) is 4.67 Å². The van der Waals surface area contributed by atoms with Gasteiger partial charge in [0, 0.05) is 25.5 Å². The maximum absolute atomic E-state index is 12.6. The fourth-order valence-corrected chi connectivity index (χ4v) is 5.39. The highest BCUT2D eigenvalue weighted by Crippen LogP contribution is 2.48. The average Bonchev–Trinajstić information content (AvgIpc) is 2.47. The molecule has 1 aliphatic heterocycles. The Kier molecular flexibility index (Phi) is 9.47. The molecular weight excluding hydrogens is 351 g/mol. The first-order valence-corrected chi connectivity index (χ1v) is 11.3. The minimum Gasteiger partial charge on any atom is -0.306 e. The third-order valence-electron chi connectivity index (χ3n) is 3.22. The molecule has 132 valence electrons. The van der Waals surface area contributed by atoms with Crippen molar-refractivity contribution < 1.29 is 21.7 Å². The fraction of sp³-hybridized carbons (Fsp3) is 1.00. The van der Waals surface area contributed by atoms with Gasteiger partial charge in [-0.25, -0.2) is 9.76 Å². The van der Waals surface area contributed by atoms with Gasteiger partial charge in [0.05, 0.1) is 19.0 Å². The molecule has 1 aliphatic rings. The van der Waals surface area contributed by atoms with Crippen LogP contribution in [-0.2, 0) is 23.4 Å². The summed E-state index contributed by atoms with van der Waals surface area (Å²) in [5.41, 5.74) is 0. The second-order valence-electron chi connectivity index (χ2n) is 5.05. The highest BCUT2D eigenvalue weighted by Gasteiger charge is 2.34. The summed E-state index contributed by atoms with van der Waals surface area (Å²) in [6.45, 7) is 3.61. The number of nitrogens with zero attached hydrogens (tertiary/aromatic N) is 1. The molecule has 1 heterocycles. The lowest BCUT2D eigenvalue weighted by molar-refractivity contribution is 0.200. The second kappa shape index (κ2) is 10.2. The zero-order valence-electron chi connectivity index (χ0n) is 13.0. The predicted octanol–water partition coefficient (Wildman–Crippen LogP) is 2.18. The lowest BCUT2D eigenvalue weighted by Crippen LogP contribution is -2.37. The van der Waals surface area contributed by atoms with Gasteiger partial charge in [-0.2, -0.15) is 8.42 Å². The third kappa shape index (κ3) is 7.25. The summed E-state index contributed by atoms with van der Waals surface area (Å²) >= 11 is 5.69. The fourth-order valence-electron chi connectivity index (χ4n) is 2.08. The first-order valence-electron chi connectivity index (χ1n) is 7.62. The number of hydrogen-bond acceptors (Lipinski definition) is 5. The van der Waals surface area contributed by atoms with Crippen LogP contribution in [0.25, 0.3) is 0 Å². The molecule has 0 aromatic carbocycles. The Labute approximate surface area is 138 Å². The van der Waals surface area contributed by atoms with Crippen LogP contribution in [0.1, 0.15) is 32.6 Å². The Morgan fingerprint density at radius 1 is 1.41 bits per heavy atom. The zero-order chi connectivity index (χ0) is 16.5. The van der Waals surface area contributed by atoms with Crippen molar-refractivity contribution in [1.82, 2.24) is 9.76 Å². The van der Waals surface area contributed by atoms with E-state index in [1.165, 1.54) is 0 Å². The van der Waals surface area contributed by atoms with Crippen molar-refractivity contribution in [3.8, 4) is 0 Å². The quantitative estimate of drug-likeness (QED) is 0.256. The Hall–Kier alpha value is 0.310. The molecule has 1 atom stereocenters. The lowest BCUT2D eigenvalue weighted by Gasteiger charge is -2.34. The molecule has 10 heteroatoms. The highest BCUT2D eigenvalue weighted by atomic mass is 35.5. The summed E-state index contributed by atoms with van der Waals surface area (Å²) < 4.78 is 47.8. The first-order chi connectivity index (χ1) is 10.4. The largest absolute Gasteiger partial charge is 0.343 e. The van der Waals surface area contributed by atoms with Crippen LogP contribution in [0.2, 0.25) is 0 Å². The number of rotatable bonds is 11. The van der Waals surface area contributed by atoms with Gasteiger partial charge in [0.1, 0.15) is 0 Å². The third-order valence-corrected chi connectivity index (χ3v) is 7.00. The van der Waals surface area contributed by atoms with Crippen LogP contribution < -0.4 is 5.09 Å². The molecule has 0 aromatic heterocycles. The smallest absolute Gasteiger partial charge is 0.306 e. The average molecular weight is 377 g/mol. The van der Waals surface area contributed by atoms with Crippen LogP contribution in [0.5, 0.6) is 0 Å². The molecule has 0 spiro atoms. The molecule has 1 saturated heterocycles. The van der Waals surface area contributed by atoms with Crippen LogP contribution in [0, 0.1) is 0 Å². The molecule has 1 rings (SSSR count). The van der Waals surface area contributed by atoms with Gasteiger partial charge in [0.25, 0.3) is 10.1 Å². The van der Waals surface area contributed by atoms with E-state index in [1.807, 2.05) is 6.92 Å². The number of unbranched alkanes of at least 4 members (excludes halogenated alkanes) is 2. The standard InChI is InChI=1S/C12H26ClN2O5PS/c1-2-3-4-12-22(17,18)20-11-7-14-21(16)15(9-6-13)8-5-10-19-21/h2-12H2,1H3,(H,14,16). The monoisotopic (exact) mass is 376 g/mol. The maximum atomic E-state index is 12.6. The van der Waals surface area contributed by atoms with Crippen LogP contribution in [0.4, 0.5) is 0 Å². The van der Waals surface area contributed by atoms with E-state index in [2.05, 4.69) is 5.09 Å². The topological polar surface area (TPSA) is 84.9 Å². The van der Waals surface area contributed by atoms with Gasteiger partial charge in [0.2, 0.25) is 0 Å². The lowest BCUT2D eigenvalue weighted by atomic mass is 10.3. The summed E-state index contributed by atoms with van der Waals surface area (Å²) in [7, 11) is -6.63. The van der Waals surface area contributed by atoms with E-state index >= 15 is 0 Å². The molecule has 7 nitrogen and oxygen atoms in total. The van der Waals surface area contributed by atoms with Crippen LogP contribution in [0.3, 0.4) is 0 Å². The molecule has 1 unspecified atom stereocenters. The second-order valence-corrected chi connectivity index (χ2v) is 9.37. The Balaban J connectivity index is 2.34. The number of nitrogens with one attached hydrogen (secondary N) is 1. The number of halogens is 1. The SMILES string of the molecule is CCCCCS(=O)(=O)OCCNP1(=O)OCCCN1CCCl. The van der Waals surface area contributed by atoms with Crippen molar-refractivity contribution in [3.05, 3.63) is 0 Å². The van der Waals surface area contributed by atoms with Crippen molar-refractivity contribution in [3.63, 3.8) is 0 Å². The van der Waals surface area contributed by atoms with Gasteiger partial charge in [-0.15, -0.1) is 11.6 Å². The summed E-state index contributed by atoms with van der Waals surface area (Å²) in [6.07, 6.45) is 3.20. The summed E-state index contributed by atoms with van der Waals surface area (Å²) in [4.78, 5) is 0. The van der Waals surface area contributed by atoms with Crippen LogP contribution >= 0.6 is 19.3 Å². The van der Waals surface area contributed by atoms with E-state index < -0.39 is 17.8 Å². The molecule has 0 aromatic rings. The molecule has 0 saturated carbocycles. The van der Waals surface area contributed by atoms with Crippen LogP contribution in [-0.4, -0.2) is 57.6 Å². The molecule has 0 aliphatic carbocycles. The minimum absolute atomic E-state index is 0.0212. The van der Waals surface area contributed by atoms with Gasteiger partial charge >= 0.3 is 7.67 Å². The van der Waals surface area contributed by atoms with Crippen molar-refractivity contribution >= 4 is 29.4 Å². The van der Waals surface area contributed by atoms with E-state index in [0.717, 1.165) is 19.3 Å². The molecule has 22 heavy (non-hydrogen) atoms. The Morgan fingerprint density at radius 3 is 2.86 bits per heavy atom. The Bertz CT molecular complexity index is 460. The van der Waals surface area contributed by atoms with E-state index in [4.69, 9.17) is 20.3 Å². The number of alkyl halides is 1. The van der Waals surface area contributed by atoms with Crippen LogP contribution in [0.15, 0.2) is 0 Å². The maximum Gasteiger partial charge on any atom is 0.343 e. The van der Waals surface area contributed by atoms with Gasteiger partial charge in [-0.1, -0.05) is 19.8 Å². The van der Waals surface area contributed by atoms with E-state index in [0.29, 0.717) is 32.0 Å². The van der Waals surface area contributed by atoms with Crippen molar-refractivity contribution in [2.45, 2.75) is 32.6 Å². The van der Waals surface area contributed by atoms with Crippen molar-refractivity contribution in [2.75, 3.05) is 44.5 Å². The Morgan fingerprint density at radius 2 is 2.18 bits per heavy atom. The van der Waals surface area contributed by atoms with E-state index in [-0.39, 0.29) is 18.9 Å². The summed E-state index contributed by atoms with van der Waals surface area (Å²) in [5.74, 6) is 0.380. The minimum atomic E-state index is -3.51. The molecule has 0 amide bonds. The normalized spacial score (nSPS) is 23.7. The molecule has 1 fully saturated rings. The van der Waals surface area contributed by atoms with Gasteiger partial charge < -0.3 is 4.52 Å². The zero-order valence-corrected chi connectivity index (χ0v) is 15.5. The molecule has 0 bridgehead atoms. The predicted molar refractivity (Wildman–Crippen MR) is 87.7 cm³/mol. The number of hydrogen-bond donors (Lipinski definition) is 1. The van der Waals surface area contributed by atoms with Gasteiger partial charge in [-0.3, -0.25) is 8.75 Å². The molecule has 1 N–H and O–H groups in total. The molecular formula is C12H26ClN2O5PS. The van der Waals surface area contributed by atoms with Crippen molar-refractivity contribution in [1.29, 1.82) is 0 Å². The first kappa shape index (κ1) is 20.4. The molecule has 0 radical (unpaired) electrons. The highest BCUT2D eigenvalue weighted by molar-refractivity contribution is 7.86. The van der Waals surface area contributed by atoms with E-state index in [9.17, 15) is 13.0 Å². The van der Waals surface area contributed by atoms with Gasteiger partial charge in [-0.05, 0) is 12.8 Å². The summed E-state index contributed by atoms with van der Waals surface area (Å²) in [5, 5.41) is 2.78.